The molecule has 1 amide bonds. The molecule has 0 aliphatic heterocycles. The number of amides is 1. The predicted molar refractivity (Wildman–Crippen MR) is 115 cm³/mol. The van der Waals surface area contributed by atoms with Gasteiger partial charge in [-0.05, 0) is 67.8 Å². The van der Waals surface area contributed by atoms with Gasteiger partial charge in [-0.3, -0.25) is 9.69 Å². The first kappa shape index (κ1) is 20.7. The SMILES string of the molecule is Cc1cccc(NC(=O)CN(C)Cc2cc(=O)oc3cc(C)c(C(C)C)cc23)n1. The van der Waals surface area contributed by atoms with E-state index < -0.39 is 0 Å². The van der Waals surface area contributed by atoms with Crippen molar-refractivity contribution in [2.45, 2.75) is 40.2 Å². The highest BCUT2D eigenvalue weighted by Gasteiger charge is 2.14. The third-order valence-electron chi connectivity index (χ3n) is 4.85. The van der Waals surface area contributed by atoms with E-state index in [2.05, 4.69) is 30.2 Å². The first-order valence-electron chi connectivity index (χ1n) is 9.72. The van der Waals surface area contributed by atoms with Crippen molar-refractivity contribution in [3.05, 3.63) is 69.2 Å². The number of carbonyl (C=O) groups excluding carboxylic acids is 1. The number of nitrogens with zero attached hydrogens (tertiary/aromatic N) is 2. The highest BCUT2D eigenvalue weighted by Crippen LogP contribution is 2.27. The molecule has 1 aromatic carbocycles. The molecular weight excluding hydrogens is 366 g/mol. The van der Waals surface area contributed by atoms with Gasteiger partial charge >= 0.3 is 5.63 Å². The molecule has 152 valence electrons. The number of hydrogen-bond donors (Lipinski definition) is 1. The lowest BCUT2D eigenvalue weighted by atomic mass is 9.95. The minimum atomic E-state index is -0.383. The van der Waals surface area contributed by atoms with Gasteiger partial charge in [0.2, 0.25) is 5.91 Å². The summed E-state index contributed by atoms with van der Waals surface area (Å²) in [5, 5.41) is 3.72. The van der Waals surface area contributed by atoms with Gasteiger partial charge in [0.05, 0.1) is 6.54 Å². The Hall–Kier alpha value is -2.99. The zero-order valence-electron chi connectivity index (χ0n) is 17.6. The molecule has 0 saturated heterocycles. The summed E-state index contributed by atoms with van der Waals surface area (Å²) in [5.41, 5.74) is 4.21. The average Bonchev–Trinajstić information content (AvgIpc) is 2.60. The summed E-state index contributed by atoms with van der Waals surface area (Å²) in [6.45, 7) is 8.82. The first-order valence-corrected chi connectivity index (χ1v) is 9.72. The highest BCUT2D eigenvalue weighted by molar-refractivity contribution is 5.91. The predicted octanol–water partition coefficient (Wildman–Crippen LogP) is 4.00. The van der Waals surface area contributed by atoms with E-state index in [0.29, 0.717) is 23.9 Å². The largest absolute Gasteiger partial charge is 0.423 e. The van der Waals surface area contributed by atoms with Crippen molar-refractivity contribution >= 4 is 22.7 Å². The number of carbonyl (C=O) groups is 1. The zero-order valence-corrected chi connectivity index (χ0v) is 17.6. The summed E-state index contributed by atoms with van der Waals surface area (Å²) >= 11 is 0. The van der Waals surface area contributed by atoms with Crippen LogP contribution < -0.4 is 10.9 Å². The number of anilines is 1. The smallest absolute Gasteiger partial charge is 0.336 e. The second-order valence-electron chi connectivity index (χ2n) is 7.84. The summed E-state index contributed by atoms with van der Waals surface area (Å²) in [5.74, 6) is 0.743. The Kier molecular flexibility index (Phi) is 6.13. The summed E-state index contributed by atoms with van der Waals surface area (Å²) in [6.07, 6.45) is 0. The van der Waals surface area contributed by atoms with Gasteiger partial charge in [0.15, 0.2) is 0 Å². The number of likely N-dealkylation sites (N-methyl/N-ethyl adjacent to an activating group) is 1. The summed E-state index contributed by atoms with van der Waals surface area (Å²) in [7, 11) is 1.85. The van der Waals surface area contributed by atoms with Crippen molar-refractivity contribution in [2.75, 3.05) is 18.9 Å². The Morgan fingerprint density at radius 1 is 1.21 bits per heavy atom. The summed E-state index contributed by atoms with van der Waals surface area (Å²) in [6, 6.07) is 11.0. The number of benzene rings is 1. The molecule has 0 spiro atoms. The molecule has 6 nitrogen and oxygen atoms in total. The molecule has 3 aromatic rings. The van der Waals surface area contributed by atoms with Crippen LogP contribution in [0.15, 0.2) is 45.6 Å². The number of fused-ring (bicyclic) bond motifs is 1. The molecule has 0 aliphatic rings. The number of aromatic nitrogens is 1. The second-order valence-corrected chi connectivity index (χ2v) is 7.84. The molecule has 0 aliphatic carbocycles. The van der Waals surface area contributed by atoms with Crippen LogP contribution in [0, 0.1) is 13.8 Å². The molecule has 1 N–H and O–H groups in total. The Bertz CT molecular complexity index is 1100. The monoisotopic (exact) mass is 393 g/mol. The minimum absolute atomic E-state index is 0.156. The van der Waals surface area contributed by atoms with Crippen LogP contribution in [0.3, 0.4) is 0 Å². The molecule has 0 unspecified atom stereocenters. The number of nitrogens with one attached hydrogen (secondary N) is 1. The third-order valence-corrected chi connectivity index (χ3v) is 4.85. The number of rotatable bonds is 6. The normalized spacial score (nSPS) is 11.4. The van der Waals surface area contributed by atoms with Crippen LogP contribution in [0.4, 0.5) is 5.82 Å². The Balaban J connectivity index is 1.80. The second kappa shape index (κ2) is 8.57. The van der Waals surface area contributed by atoms with Crippen LogP contribution in [0.5, 0.6) is 0 Å². The van der Waals surface area contributed by atoms with Crippen LogP contribution in [0.2, 0.25) is 0 Å². The highest BCUT2D eigenvalue weighted by atomic mass is 16.4. The van der Waals surface area contributed by atoms with E-state index in [1.54, 1.807) is 6.07 Å². The average molecular weight is 393 g/mol. The lowest BCUT2D eigenvalue weighted by molar-refractivity contribution is -0.117. The van der Waals surface area contributed by atoms with E-state index in [-0.39, 0.29) is 18.1 Å². The van der Waals surface area contributed by atoms with Gasteiger partial charge in [-0.25, -0.2) is 9.78 Å². The van der Waals surface area contributed by atoms with Crippen molar-refractivity contribution in [1.82, 2.24) is 9.88 Å². The van der Waals surface area contributed by atoms with Crippen LogP contribution in [0.25, 0.3) is 11.0 Å². The lowest BCUT2D eigenvalue weighted by Crippen LogP contribution is -2.30. The Morgan fingerprint density at radius 2 is 1.97 bits per heavy atom. The molecule has 29 heavy (non-hydrogen) atoms. The fourth-order valence-electron chi connectivity index (χ4n) is 3.53. The Labute approximate surface area is 170 Å². The molecule has 2 aromatic heterocycles. The fourth-order valence-corrected chi connectivity index (χ4v) is 3.53. The molecule has 0 radical (unpaired) electrons. The number of hydrogen-bond acceptors (Lipinski definition) is 5. The van der Waals surface area contributed by atoms with Crippen molar-refractivity contribution in [3.63, 3.8) is 0 Å². The topological polar surface area (TPSA) is 75.4 Å². The van der Waals surface area contributed by atoms with Crippen LogP contribution in [-0.4, -0.2) is 29.4 Å². The maximum atomic E-state index is 12.4. The van der Waals surface area contributed by atoms with E-state index in [4.69, 9.17) is 4.42 Å². The first-order chi connectivity index (χ1) is 13.7. The van der Waals surface area contributed by atoms with E-state index in [9.17, 15) is 9.59 Å². The van der Waals surface area contributed by atoms with Gasteiger partial charge in [-0.2, -0.15) is 0 Å². The molecule has 2 heterocycles. The molecule has 0 atom stereocenters. The van der Waals surface area contributed by atoms with E-state index in [1.165, 1.54) is 11.6 Å². The van der Waals surface area contributed by atoms with Gasteiger partial charge in [-0.1, -0.05) is 19.9 Å². The standard InChI is InChI=1S/C23H27N3O3/c1-14(2)18-11-19-17(10-23(28)29-20(19)9-15(18)3)12-26(5)13-22(27)25-21-8-6-7-16(4)24-21/h6-11,14H,12-13H2,1-5H3,(H,24,25,27). The fraction of sp³-hybridized carbons (Fsp3) is 0.348. The van der Waals surface area contributed by atoms with Crippen LogP contribution in [-0.2, 0) is 11.3 Å². The third kappa shape index (κ3) is 5.09. The zero-order chi connectivity index (χ0) is 21.1. The van der Waals surface area contributed by atoms with Crippen LogP contribution >= 0.6 is 0 Å². The maximum Gasteiger partial charge on any atom is 0.336 e. The molecule has 0 fully saturated rings. The van der Waals surface area contributed by atoms with Gasteiger partial charge in [0.1, 0.15) is 11.4 Å². The van der Waals surface area contributed by atoms with Gasteiger partial charge < -0.3 is 9.73 Å². The van der Waals surface area contributed by atoms with Crippen LogP contribution in [0.1, 0.15) is 42.1 Å². The summed E-state index contributed by atoms with van der Waals surface area (Å²) in [4.78, 5) is 30.6. The van der Waals surface area contributed by atoms with Gasteiger partial charge in [0, 0.05) is 23.7 Å². The van der Waals surface area contributed by atoms with E-state index in [0.717, 1.165) is 22.2 Å². The maximum absolute atomic E-state index is 12.4. The molecule has 0 saturated carbocycles. The van der Waals surface area contributed by atoms with Crippen molar-refractivity contribution in [2.24, 2.45) is 0 Å². The summed E-state index contributed by atoms with van der Waals surface area (Å²) < 4.78 is 5.41. The quantitative estimate of drug-likeness (QED) is 0.641. The minimum Gasteiger partial charge on any atom is -0.423 e. The lowest BCUT2D eigenvalue weighted by Gasteiger charge is -2.18. The molecule has 6 heteroatoms. The van der Waals surface area contributed by atoms with Crippen molar-refractivity contribution < 1.29 is 9.21 Å². The number of pyridine rings is 1. The van der Waals surface area contributed by atoms with Gasteiger partial charge in [-0.15, -0.1) is 0 Å². The van der Waals surface area contributed by atoms with Crippen molar-refractivity contribution in [1.29, 1.82) is 0 Å². The molecule has 3 rings (SSSR count). The van der Waals surface area contributed by atoms with E-state index in [1.807, 2.05) is 44.0 Å². The van der Waals surface area contributed by atoms with Crippen molar-refractivity contribution in [3.8, 4) is 0 Å². The number of aryl methyl sites for hydroxylation is 2. The van der Waals surface area contributed by atoms with E-state index >= 15 is 0 Å². The molecule has 0 bridgehead atoms. The van der Waals surface area contributed by atoms with Gasteiger partial charge in [0.25, 0.3) is 0 Å². The molecular formula is C23H27N3O3. The Morgan fingerprint density at radius 3 is 2.66 bits per heavy atom.